The van der Waals surface area contributed by atoms with Crippen LogP contribution in [0.2, 0.25) is 0 Å². The highest BCUT2D eigenvalue weighted by atomic mass is 16.5. The number of carbonyl (C=O) groups is 1. The summed E-state index contributed by atoms with van der Waals surface area (Å²) in [5.41, 5.74) is -0.417. The molecule has 2 fully saturated rings. The van der Waals surface area contributed by atoms with Crippen molar-refractivity contribution in [1.29, 1.82) is 0 Å². The summed E-state index contributed by atoms with van der Waals surface area (Å²) in [6.07, 6.45) is 12.4. The first-order chi connectivity index (χ1) is 11.6. The second kappa shape index (κ2) is 7.66. The van der Waals surface area contributed by atoms with E-state index < -0.39 is 5.54 Å². The Morgan fingerprint density at radius 1 is 1.21 bits per heavy atom. The molecule has 1 heterocycles. The number of hydrogen-bond donors (Lipinski definition) is 1. The molecule has 1 aromatic heterocycles. The maximum absolute atomic E-state index is 12.8. The van der Waals surface area contributed by atoms with E-state index in [4.69, 9.17) is 4.52 Å². The lowest BCUT2D eigenvalue weighted by Gasteiger charge is -2.36. The monoisotopic (exact) mass is 333 g/mol. The van der Waals surface area contributed by atoms with Gasteiger partial charge in [-0.05, 0) is 24.7 Å². The zero-order valence-electron chi connectivity index (χ0n) is 15.1. The summed E-state index contributed by atoms with van der Waals surface area (Å²) in [6, 6.07) is 0. The summed E-state index contributed by atoms with van der Waals surface area (Å²) < 4.78 is 5.19. The van der Waals surface area contributed by atoms with Gasteiger partial charge in [0, 0.05) is 13.3 Å². The number of rotatable bonds is 5. The van der Waals surface area contributed by atoms with Gasteiger partial charge in [-0.25, -0.2) is 0 Å². The molecule has 0 aliphatic heterocycles. The van der Waals surface area contributed by atoms with Crippen molar-refractivity contribution >= 4 is 5.91 Å². The third-order valence-corrected chi connectivity index (χ3v) is 6.00. The Hall–Kier alpha value is -1.39. The van der Waals surface area contributed by atoms with Crippen LogP contribution >= 0.6 is 0 Å². The van der Waals surface area contributed by atoms with Crippen molar-refractivity contribution in [1.82, 2.24) is 15.5 Å². The topological polar surface area (TPSA) is 68.0 Å². The molecule has 24 heavy (non-hydrogen) atoms. The molecule has 0 spiro atoms. The highest BCUT2D eigenvalue weighted by Gasteiger charge is 2.40. The van der Waals surface area contributed by atoms with E-state index >= 15 is 0 Å². The van der Waals surface area contributed by atoms with E-state index in [2.05, 4.69) is 22.4 Å². The van der Waals surface area contributed by atoms with Gasteiger partial charge in [0.15, 0.2) is 5.82 Å². The number of aromatic nitrogens is 2. The predicted molar refractivity (Wildman–Crippen MR) is 92.3 cm³/mol. The van der Waals surface area contributed by atoms with Gasteiger partial charge in [0.2, 0.25) is 11.8 Å². The molecule has 1 amide bonds. The molecule has 2 aliphatic carbocycles. The van der Waals surface area contributed by atoms with Crippen molar-refractivity contribution in [3.63, 3.8) is 0 Å². The molecule has 1 atom stereocenters. The Morgan fingerprint density at radius 2 is 1.88 bits per heavy atom. The minimum atomic E-state index is -0.417. The molecule has 5 heteroatoms. The van der Waals surface area contributed by atoms with Gasteiger partial charge in [-0.1, -0.05) is 63.4 Å². The molecule has 0 saturated heterocycles. The molecule has 0 bridgehead atoms. The SMILES string of the molecule is Cc1nc(C2(NC(=O)CC(C)C3CCCCC3)CCCCC2)no1. The van der Waals surface area contributed by atoms with Crippen LogP contribution in [-0.2, 0) is 10.3 Å². The van der Waals surface area contributed by atoms with Gasteiger partial charge >= 0.3 is 0 Å². The number of hydrogen-bond acceptors (Lipinski definition) is 4. The van der Waals surface area contributed by atoms with Crippen LogP contribution in [0.5, 0.6) is 0 Å². The van der Waals surface area contributed by atoms with Crippen LogP contribution in [0.15, 0.2) is 4.52 Å². The van der Waals surface area contributed by atoms with Crippen molar-refractivity contribution < 1.29 is 9.32 Å². The lowest BCUT2D eigenvalue weighted by molar-refractivity contribution is -0.125. The molecule has 134 valence electrons. The van der Waals surface area contributed by atoms with Crippen LogP contribution in [0.3, 0.4) is 0 Å². The summed E-state index contributed by atoms with van der Waals surface area (Å²) in [5, 5.41) is 7.44. The lowest BCUT2D eigenvalue weighted by atomic mass is 9.78. The van der Waals surface area contributed by atoms with E-state index in [1.807, 2.05) is 0 Å². The Morgan fingerprint density at radius 3 is 2.50 bits per heavy atom. The largest absolute Gasteiger partial charge is 0.343 e. The van der Waals surface area contributed by atoms with Crippen molar-refractivity contribution in [2.24, 2.45) is 11.8 Å². The number of nitrogens with one attached hydrogen (secondary N) is 1. The average Bonchev–Trinajstić information content (AvgIpc) is 3.03. The second-order valence-corrected chi connectivity index (χ2v) is 7.91. The summed E-state index contributed by atoms with van der Waals surface area (Å²) in [6.45, 7) is 4.04. The lowest BCUT2D eigenvalue weighted by Crippen LogP contribution is -2.48. The van der Waals surface area contributed by atoms with E-state index in [1.54, 1.807) is 6.92 Å². The van der Waals surface area contributed by atoms with E-state index in [0.29, 0.717) is 30.0 Å². The van der Waals surface area contributed by atoms with E-state index in [0.717, 1.165) is 25.7 Å². The molecular formula is C19H31N3O2. The maximum atomic E-state index is 12.8. The van der Waals surface area contributed by atoms with E-state index in [9.17, 15) is 4.79 Å². The molecular weight excluding hydrogens is 302 g/mol. The normalized spacial score (nSPS) is 22.9. The third kappa shape index (κ3) is 3.98. The van der Waals surface area contributed by atoms with Gasteiger partial charge in [-0.3, -0.25) is 4.79 Å². The molecule has 1 aromatic rings. The van der Waals surface area contributed by atoms with Crippen molar-refractivity contribution in [2.75, 3.05) is 0 Å². The highest BCUT2D eigenvalue weighted by molar-refractivity contribution is 5.77. The molecule has 2 aliphatic rings. The predicted octanol–water partition coefficient (Wildman–Crippen LogP) is 4.26. The first-order valence-electron chi connectivity index (χ1n) is 9.71. The highest BCUT2D eigenvalue weighted by Crippen LogP contribution is 2.36. The maximum Gasteiger partial charge on any atom is 0.223 e. The quantitative estimate of drug-likeness (QED) is 0.874. The third-order valence-electron chi connectivity index (χ3n) is 6.00. The van der Waals surface area contributed by atoms with Crippen LogP contribution < -0.4 is 5.32 Å². The minimum Gasteiger partial charge on any atom is -0.343 e. The Balaban J connectivity index is 1.65. The first kappa shape index (κ1) is 17.4. The first-order valence-corrected chi connectivity index (χ1v) is 9.71. The van der Waals surface area contributed by atoms with Gasteiger partial charge < -0.3 is 9.84 Å². The van der Waals surface area contributed by atoms with Crippen LogP contribution in [0.25, 0.3) is 0 Å². The van der Waals surface area contributed by atoms with Crippen molar-refractivity contribution in [2.45, 2.75) is 90.0 Å². The smallest absolute Gasteiger partial charge is 0.223 e. The van der Waals surface area contributed by atoms with Gasteiger partial charge in [0.05, 0.1) is 0 Å². The van der Waals surface area contributed by atoms with Crippen LogP contribution in [-0.4, -0.2) is 16.0 Å². The van der Waals surface area contributed by atoms with Crippen molar-refractivity contribution in [3.05, 3.63) is 11.7 Å². The molecule has 0 radical (unpaired) electrons. The van der Waals surface area contributed by atoms with Gasteiger partial charge in [0.1, 0.15) is 5.54 Å². The molecule has 3 rings (SSSR count). The fourth-order valence-electron chi connectivity index (χ4n) is 4.53. The fraction of sp³-hybridized carbons (Fsp3) is 0.842. The number of carbonyl (C=O) groups excluding carboxylic acids is 1. The summed E-state index contributed by atoms with van der Waals surface area (Å²) in [7, 11) is 0. The minimum absolute atomic E-state index is 0.150. The van der Waals surface area contributed by atoms with Crippen LogP contribution in [0.1, 0.15) is 89.3 Å². The van der Waals surface area contributed by atoms with Crippen LogP contribution in [0, 0.1) is 18.8 Å². The molecule has 5 nitrogen and oxygen atoms in total. The second-order valence-electron chi connectivity index (χ2n) is 7.91. The van der Waals surface area contributed by atoms with Gasteiger partial charge in [-0.2, -0.15) is 4.98 Å². The van der Waals surface area contributed by atoms with Crippen molar-refractivity contribution in [3.8, 4) is 0 Å². The van der Waals surface area contributed by atoms with E-state index in [1.165, 1.54) is 38.5 Å². The Kier molecular flexibility index (Phi) is 5.57. The molecule has 1 N–H and O–H groups in total. The number of amides is 1. The zero-order chi connectivity index (χ0) is 17.0. The Bertz CT molecular complexity index is 543. The molecule has 1 unspecified atom stereocenters. The van der Waals surface area contributed by atoms with Crippen LogP contribution in [0.4, 0.5) is 0 Å². The number of aryl methyl sites for hydroxylation is 1. The summed E-state index contributed by atoms with van der Waals surface area (Å²) >= 11 is 0. The van der Waals surface area contributed by atoms with Gasteiger partial charge in [-0.15, -0.1) is 0 Å². The number of nitrogens with zero attached hydrogens (tertiary/aromatic N) is 2. The Labute approximate surface area is 145 Å². The van der Waals surface area contributed by atoms with E-state index in [-0.39, 0.29) is 5.91 Å². The average molecular weight is 333 g/mol. The fourth-order valence-corrected chi connectivity index (χ4v) is 4.53. The summed E-state index contributed by atoms with van der Waals surface area (Å²) in [4.78, 5) is 17.2. The summed E-state index contributed by atoms with van der Waals surface area (Å²) in [5.74, 6) is 2.55. The zero-order valence-corrected chi connectivity index (χ0v) is 15.1. The molecule has 2 saturated carbocycles. The molecule has 0 aromatic carbocycles. The standard InChI is InChI=1S/C19H31N3O2/c1-14(16-9-5-3-6-10-16)13-17(23)21-19(11-7-4-8-12-19)18-20-15(2)24-22-18/h14,16H,3-13H2,1-2H3,(H,21,23). The van der Waals surface area contributed by atoms with Gasteiger partial charge in [0.25, 0.3) is 0 Å².